The van der Waals surface area contributed by atoms with E-state index in [0.29, 0.717) is 5.56 Å². The first kappa shape index (κ1) is 16.8. The maximum atomic E-state index is 11.9. The van der Waals surface area contributed by atoms with Gasteiger partial charge in [0.15, 0.2) is 0 Å². The number of ether oxygens (including phenoxy) is 1. The van der Waals surface area contributed by atoms with Gasteiger partial charge in [-0.2, -0.15) is 0 Å². The monoisotopic (exact) mass is 313 g/mol. The summed E-state index contributed by atoms with van der Waals surface area (Å²) in [6.45, 7) is 4.60. The van der Waals surface area contributed by atoms with Crippen molar-refractivity contribution in [2.75, 3.05) is 19.0 Å². The molecule has 2 aromatic rings. The second-order valence-electron chi connectivity index (χ2n) is 5.55. The van der Waals surface area contributed by atoms with Crippen molar-refractivity contribution in [2.45, 2.75) is 26.3 Å². The van der Waals surface area contributed by atoms with Gasteiger partial charge in [0.05, 0.1) is 12.7 Å². The highest BCUT2D eigenvalue weighted by Gasteiger charge is 2.07. The summed E-state index contributed by atoms with van der Waals surface area (Å²) < 4.78 is 5.33. The predicted octanol–water partition coefficient (Wildman–Crippen LogP) is 2.88. The number of anilines is 1. The molecule has 0 saturated heterocycles. The summed E-state index contributed by atoms with van der Waals surface area (Å²) in [6.07, 6.45) is 2.42. The average molecular weight is 313 g/mol. The van der Waals surface area contributed by atoms with Crippen molar-refractivity contribution < 1.29 is 9.53 Å². The lowest BCUT2D eigenvalue weighted by Crippen LogP contribution is -2.30. The van der Waals surface area contributed by atoms with Crippen molar-refractivity contribution in [1.82, 2.24) is 10.3 Å². The summed E-state index contributed by atoms with van der Waals surface area (Å²) in [7, 11) is 1.68. The minimum absolute atomic E-state index is 0.104. The predicted molar refractivity (Wildman–Crippen MR) is 92.0 cm³/mol. The molecule has 0 aliphatic carbocycles. The van der Waals surface area contributed by atoms with Crippen LogP contribution in [0.2, 0.25) is 0 Å². The molecular formula is C18H23N3O2. The normalized spacial score (nSPS) is 10.4. The average Bonchev–Trinajstić information content (AvgIpc) is 2.55. The minimum Gasteiger partial charge on any atom is -0.496 e. The fourth-order valence-corrected chi connectivity index (χ4v) is 2.21. The van der Waals surface area contributed by atoms with Gasteiger partial charge >= 0.3 is 0 Å². The van der Waals surface area contributed by atoms with E-state index in [4.69, 9.17) is 4.74 Å². The number of carbonyl (C=O) groups excluding carboxylic acids is 1. The van der Waals surface area contributed by atoms with Crippen LogP contribution < -0.4 is 15.4 Å². The maximum absolute atomic E-state index is 11.9. The zero-order chi connectivity index (χ0) is 16.7. The molecule has 2 N–H and O–H groups in total. The Morgan fingerprint density at radius 3 is 2.65 bits per heavy atom. The molecule has 1 aromatic carbocycles. The summed E-state index contributed by atoms with van der Waals surface area (Å²) in [6, 6.07) is 11.7. The lowest BCUT2D eigenvalue weighted by molar-refractivity contribution is 0.0943. The molecule has 0 radical (unpaired) electrons. The van der Waals surface area contributed by atoms with Crippen LogP contribution >= 0.6 is 0 Å². The van der Waals surface area contributed by atoms with Crippen LogP contribution in [0.4, 0.5) is 5.82 Å². The standard InChI is InChI=1S/C18H23N3O2/c1-13(2)21-18(22)15-8-9-17(20-12-15)19-11-10-14-6-4-5-7-16(14)23-3/h4-9,12-13H,10-11H2,1-3H3,(H,19,20)(H,21,22). The van der Waals surface area contributed by atoms with Gasteiger partial charge in [0.2, 0.25) is 0 Å². The molecule has 1 amide bonds. The molecule has 5 nitrogen and oxygen atoms in total. The van der Waals surface area contributed by atoms with Crippen molar-refractivity contribution in [3.8, 4) is 5.75 Å². The SMILES string of the molecule is COc1ccccc1CCNc1ccc(C(=O)NC(C)C)cn1. The highest BCUT2D eigenvalue weighted by Crippen LogP contribution is 2.17. The van der Waals surface area contributed by atoms with Crippen molar-refractivity contribution in [2.24, 2.45) is 0 Å². The van der Waals surface area contributed by atoms with Crippen molar-refractivity contribution in [3.05, 3.63) is 53.7 Å². The van der Waals surface area contributed by atoms with Crippen molar-refractivity contribution >= 4 is 11.7 Å². The van der Waals surface area contributed by atoms with E-state index in [1.807, 2.05) is 44.2 Å². The number of para-hydroxylation sites is 1. The third-order valence-electron chi connectivity index (χ3n) is 3.34. The molecule has 0 fully saturated rings. The number of rotatable bonds is 7. The lowest BCUT2D eigenvalue weighted by atomic mass is 10.1. The number of hydrogen-bond donors (Lipinski definition) is 2. The molecule has 1 heterocycles. The first-order chi connectivity index (χ1) is 11.1. The van der Waals surface area contributed by atoms with Crippen molar-refractivity contribution in [1.29, 1.82) is 0 Å². The van der Waals surface area contributed by atoms with Crippen LogP contribution in [0.3, 0.4) is 0 Å². The number of methoxy groups -OCH3 is 1. The summed E-state index contributed by atoms with van der Waals surface area (Å²) in [5, 5.41) is 6.10. The fraction of sp³-hybridized carbons (Fsp3) is 0.333. The lowest BCUT2D eigenvalue weighted by Gasteiger charge is -2.10. The van der Waals surface area contributed by atoms with E-state index in [9.17, 15) is 4.79 Å². The Kier molecular flexibility index (Phi) is 5.97. The van der Waals surface area contributed by atoms with Crippen LogP contribution in [0.5, 0.6) is 5.75 Å². The Balaban J connectivity index is 1.88. The number of nitrogens with one attached hydrogen (secondary N) is 2. The molecule has 0 aliphatic rings. The number of aromatic nitrogens is 1. The minimum atomic E-state index is -0.104. The number of hydrogen-bond acceptors (Lipinski definition) is 4. The molecule has 0 bridgehead atoms. The summed E-state index contributed by atoms with van der Waals surface area (Å²) in [4.78, 5) is 16.1. The molecular weight excluding hydrogens is 290 g/mol. The first-order valence-corrected chi connectivity index (χ1v) is 7.73. The van der Waals surface area contributed by atoms with Gasteiger partial charge in [-0.3, -0.25) is 4.79 Å². The summed E-state index contributed by atoms with van der Waals surface area (Å²) in [5.74, 6) is 1.54. The Bertz CT molecular complexity index is 639. The molecule has 0 aliphatic heterocycles. The molecule has 0 spiro atoms. The van der Waals surface area contributed by atoms with Gasteiger partial charge in [-0.1, -0.05) is 18.2 Å². The van der Waals surface area contributed by atoms with Gasteiger partial charge in [0, 0.05) is 18.8 Å². The Morgan fingerprint density at radius 2 is 2.00 bits per heavy atom. The Hall–Kier alpha value is -2.56. The van der Waals surface area contributed by atoms with Gasteiger partial charge in [0.25, 0.3) is 5.91 Å². The summed E-state index contributed by atoms with van der Waals surface area (Å²) in [5.41, 5.74) is 1.71. The molecule has 5 heteroatoms. The zero-order valence-corrected chi connectivity index (χ0v) is 13.8. The van der Waals surface area contributed by atoms with E-state index in [2.05, 4.69) is 15.6 Å². The first-order valence-electron chi connectivity index (χ1n) is 7.73. The Labute approximate surface area is 137 Å². The van der Waals surface area contributed by atoms with Crippen LogP contribution in [-0.2, 0) is 6.42 Å². The van der Waals surface area contributed by atoms with Crippen LogP contribution in [0.15, 0.2) is 42.6 Å². The third-order valence-corrected chi connectivity index (χ3v) is 3.34. The van der Waals surface area contributed by atoms with Crippen molar-refractivity contribution in [3.63, 3.8) is 0 Å². The van der Waals surface area contributed by atoms with E-state index in [1.165, 1.54) is 0 Å². The molecule has 1 aromatic heterocycles. The van der Waals surface area contributed by atoms with Gasteiger partial charge in [-0.15, -0.1) is 0 Å². The molecule has 23 heavy (non-hydrogen) atoms. The van der Waals surface area contributed by atoms with Gasteiger partial charge in [-0.05, 0) is 44.0 Å². The number of benzene rings is 1. The number of nitrogens with zero attached hydrogens (tertiary/aromatic N) is 1. The van der Waals surface area contributed by atoms with Gasteiger partial charge in [0.1, 0.15) is 11.6 Å². The second kappa shape index (κ2) is 8.17. The van der Waals surface area contributed by atoms with E-state index in [1.54, 1.807) is 19.4 Å². The summed E-state index contributed by atoms with van der Waals surface area (Å²) >= 11 is 0. The van der Waals surface area contributed by atoms with E-state index < -0.39 is 0 Å². The van der Waals surface area contributed by atoms with E-state index in [0.717, 1.165) is 30.1 Å². The molecule has 2 rings (SSSR count). The topological polar surface area (TPSA) is 63.2 Å². The third kappa shape index (κ3) is 4.98. The molecule has 0 saturated carbocycles. The zero-order valence-electron chi connectivity index (χ0n) is 13.8. The molecule has 0 atom stereocenters. The smallest absolute Gasteiger partial charge is 0.253 e. The number of amides is 1. The van der Waals surface area contributed by atoms with Crippen LogP contribution in [0, 0.1) is 0 Å². The quantitative estimate of drug-likeness (QED) is 0.825. The molecule has 122 valence electrons. The molecule has 0 unspecified atom stereocenters. The number of carbonyl (C=O) groups is 1. The van der Waals surface area contributed by atoms with E-state index in [-0.39, 0.29) is 11.9 Å². The fourth-order valence-electron chi connectivity index (χ4n) is 2.21. The van der Waals surface area contributed by atoms with Gasteiger partial charge in [-0.25, -0.2) is 4.98 Å². The maximum Gasteiger partial charge on any atom is 0.253 e. The van der Waals surface area contributed by atoms with Crippen LogP contribution in [0.25, 0.3) is 0 Å². The largest absolute Gasteiger partial charge is 0.496 e. The highest BCUT2D eigenvalue weighted by atomic mass is 16.5. The second-order valence-corrected chi connectivity index (χ2v) is 5.55. The van der Waals surface area contributed by atoms with Crippen LogP contribution in [-0.4, -0.2) is 30.6 Å². The van der Waals surface area contributed by atoms with Gasteiger partial charge < -0.3 is 15.4 Å². The Morgan fingerprint density at radius 1 is 1.22 bits per heavy atom. The van der Waals surface area contributed by atoms with Crippen LogP contribution in [0.1, 0.15) is 29.8 Å². The highest BCUT2D eigenvalue weighted by molar-refractivity contribution is 5.94. The van der Waals surface area contributed by atoms with E-state index >= 15 is 0 Å². The number of pyridine rings is 1.